The van der Waals surface area contributed by atoms with Crippen molar-refractivity contribution in [3.8, 4) is 5.75 Å². The minimum absolute atomic E-state index is 0.0861. The summed E-state index contributed by atoms with van der Waals surface area (Å²) in [6.07, 6.45) is 10.2. The van der Waals surface area contributed by atoms with Gasteiger partial charge in [-0.3, -0.25) is 9.59 Å². The van der Waals surface area contributed by atoms with Crippen LogP contribution in [0.15, 0.2) is 60.7 Å². The number of para-hydroxylation sites is 1. The minimum atomic E-state index is -0.522. The number of hydrogen-bond acceptors (Lipinski definition) is 3. The first kappa shape index (κ1) is 20.2. The maximum atomic E-state index is 13.2. The molecule has 1 fully saturated rings. The molecule has 4 rings (SSSR count). The Bertz CT molecular complexity index is 968. The first-order valence-corrected chi connectivity index (χ1v) is 10.6. The number of nitrogens with two attached hydrogens (primary N) is 1. The lowest BCUT2D eigenvalue weighted by Gasteiger charge is -2.44. The van der Waals surface area contributed by atoms with Crippen LogP contribution in [0.4, 0.5) is 0 Å². The Kier molecular flexibility index (Phi) is 5.88. The van der Waals surface area contributed by atoms with Gasteiger partial charge in [0, 0.05) is 18.7 Å². The molecule has 0 radical (unpaired) electrons. The number of hydrogen-bond donors (Lipinski definition) is 1. The summed E-state index contributed by atoms with van der Waals surface area (Å²) < 4.78 is 5.82. The maximum Gasteiger partial charge on any atom is 0.253 e. The third-order valence-corrected chi connectivity index (χ3v) is 6.23. The SMILES string of the molecule is NC(=O)c1ccccc1OCc1cccc(C(=O)N2CCC[C@@]3(CC=CCC3)C2)c1. The maximum absolute atomic E-state index is 13.2. The average Bonchev–Trinajstić information content (AvgIpc) is 2.78. The highest BCUT2D eigenvalue weighted by atomic mass is 16.5. The molecule has 5 nitrogen and oxygen atoms in total. The van der Waals surface area contributed by atoms with Crippen molar-refractivity contribution >= 4 is 11.8 Å². The number of ether oxygens (including phenoxy) is 1. The zero-order valence-corrected chi connectivity index (χ0v) is 17.2. The molecule has 1 heterocycles. The predicted octanol–water partition coefficient (Wildman–Crippen LogP) is 4.33. The molecule has 2 aromatic carbocycles. The second-order valence-electron chi connectivity index (χ2n) is 8.39. The summed E-state index contributed by atoms with van der Waals surface area (Å²) in [6, 6.07) is 14.5. The Hall–Kier alpha value is -3.08. The van der Waals surface area contributed by atoms with E-state index in [1.807, 2.05) is 29.2 Å². The molecular weight excluding hydrogens is 376 g/mol. The highest BCUT2D eigenvalue weighted by Gasteiger charge is 2.36. The molecule has 1 spiro atoms. The molecule has 156 valence electrons. The molecule has 0 bridgehead atoms. The molecule has 5 heteroatoms. The molecule has 30 heavy (non-hydrogen) atoms. The van der Waals surface area contributed by atoms with Crippen LogP contribution in [0.1, 0.15) is 58.4 Å². The van der Waals surface area contributed by atoms with Gasteiger partial charge >= 0.3 is 0 Å². The Morgan fingerprint density at radius 3 is 2.73 bits per heavy atom. The number of nitrogens with zero attached hydrogens (tertiary/aromatic N) is 1. The van der Waals surface area contributed by atoms with Crippen molar-refractivity contribution in [2.75, 3.05) is 13.1 Å². The van der Waals surface area contributed by atoms with Crippen LogP contribution in [0.5, 0.6) is 5.75 Å². The lowest BCUT2D eigenvalue weighted by molar-refractivity contribution is 0.0484. The fourth-order valence-electron chi connectivity index (χ4n) is 4.63. The normalized spacial score (nSPS) is 20.9. The van der Waals surface area contributed by atoms with Gasteiger partial charge in [-0.2, -0.15) is 0 Å². The number of piperidine rings is 1. The molecule has 0 unspecified atom stereocenters. The van der Waals surface area contributed by atoms with Gasteiger partial charge in [0.2, 0.25) is 0 Å². The first-order chi connectivity index (χ1) is 14.6. The van der Waals surface area contributed by atoms with Crippen LogP contribution in [0.3, 0.4) is 0 Å². The standard InChI is InChI=1S/C25H28N2O3/c26-23(28)21-10-2-3-11-22(21)30-17-19-8-6-9-20(16-19)24(29)27-15-7-14-25(18-27)12-4-1-5-13-25/h1-4,6,8-11,16H,5,7,12-15,17-18H2,(H2,26,28)/t25-/m0/s1. The van der Waals surface area contributed by atoms with Gasteiger partial charge < -0.3 is 15.4 Å². The van der Waals surface area contributed by atoms with Crippen LogP contribution in [0.25, 0.3) is 0 Å². The van der Waals surface area contributed by atoms with E-state index in [2.05, 4.69) is 12.2 Å². The van der Waals surface area contributed by atoms with E-state index in [0.717, 1.165) is 37.9 Å². The predicted molar refractivity (Wildman–Crippen MR) is 116 cm³/mol. The van der Waals surface area contributed by atoms with Gasteiger partial charge in [-0.15, -0.1) is 0 Å². The van der Waals surface area contributed by atoms with E-state index in [-0.39, 0.29) is 17.9 Å². The number of carbonyl (C=O) groups excluding carboxylic acids is 2. The number of rotatable bonds is 5. The summed E-state index contributed by atoms with van der Waals surface area (Å²) >= 11 is 0. The van der Waals surface area contributed by atoms with E-state index in [4.69, 9.17) is 10.5 Å². The van der Waals surface area contributed by atoms with Crippen LogP contribution in [-0.4, -0.2) is 29.8 Å². The summed E-state index contributed by atoms with van der Waals surface area (Å²) in [7, 11) is 0. The molecule has 2 N–H and O–H groups in total. The second kappa shape index (κ2) is 8.74. The van der Waals surface area contributed by atoms with Gasteiger partial charge in [0.25, 0.3) is 11.8 Å². The van der Waals surface area contributed by atoms with Gasteiger partial charge in [-0.25, -0.2) is 0 Å². The summed E-state index contributed by atoms with van der Waals surface area (Å²) in [5.41, 5.74) is 7.58. The lowest BCUT2D eigenvalue weighted by atomic mass is 9.71. The van der Waals surface area contributed by atoms with Crippen LogP contribution in [0, 0.1) is 5.41 Å². The van der Waals surface area contributed by atoms with E-state index in [1.54, 1.807) is 24.3 Å². The van der Waals surface area contributed by atoms with E-state index >= 15 is 0 Å². The number of amides is 2. The van der Waals surface area contributed by atoms with Gasteiger partial charge in [0.1, 0.15) is 12.4 Å². The van der Waals surface area contributed by atoms with Crippen molar-refractivity contribution in [2.24, 2.45) is 11.1 Å². The molecule has 2 aromatic rings. The van der Waals surface area contributed by atoms with E-state index < -0.39 is 5.91 Å². The number of primary amides is 1. The molecule has 1 atom stereocenters. The van der Waals surface area contributed by atoms with Crippen LogP contribution in [0.2, 0.25) is 0 Å². The molecule has 0 saturated carbocycles. The Morgan fingerprint density at radius 1 is 1.07 bits per heavy atom. The lowest BCUT2D eigenvalue weighted by Crippen LogP contribution is -2.46. The minimum Gasteiger partial charge on any atom is -0.488 e. The van der Waals surface area contributed by atoms with Crippen LogP contribution < -0.4 is 10.5 Å². The number of carbonyl (C=O) groups is 2. The Balaban J connectivity index is 1.45. The quantitative estimate of drug-likeness (QED) is 0.754. The van der Waals surface area contributed by atoms with Crippen molar-refractivity contribution < 1.29 is 14.3 Å². The summed E-state index contributed by atoms with van der Waals surface area (Å²) in [5, 5.41) is 0. The van der Waals surface area contributed by atoms with E-state index in [0.29, 0.717) is 16.9 Å². The number of allylic oxidation sites excluding steroid dienone is 2. The average molecular weight is 405 g/mol. The zero-order chi connectivity index (χ0) is 21.0. The largest absolute Gasteiger partial charge is 0.488 e. The zero-order valence-electron chi connectivity index (χ0n) is 17.2. The third-order valence-electron chi connectivity index (χ3n) is 6.23. The van der Waals surface area contributed by atoms with Crippen molar-refractivity contribution in [1.82, 2.24) is 4.90 Å². The summed E-state index contributed by atoms with van der Waals surface area (Å²) in [6.45, 7) is 1.92. The monoisotopic (exact) mass is 404 g/mol. The smallest absolute Gasteiger partial charge is 0.253 e. The number of benzene rings is 2. The van der Waals surface area contributed by atoms with Crippen molar-refractivity contribution in [1.29, 1.82) is 0 Å². The van der Waals surface area contributed by atoms with Gasteiger partial charge in [0.05, 0.1) is 5.56 Å². The fraction of sp³-hybridized carbons (Fsp3) is 0.360. The third kappa shape index (κ3) is 4.40. The fourth-order valence-corrected chi connectivity index (χ4v) is 4.63. The number of likely N-dealkylation sites (tertiary alicyclic amines) is 1. The summed E-state index contributed by atoms with van der Waals surface area (Å²) in [4.78, 5) is 26.8. The molecule has 1 aliphatic heterocycles. The van der Waals surface area contributed by atoms with Gasteiger partial charge in [-0.1, -0.05) is 36.4 Å². The van der Waals surface area contributed by atoms with Gasteiger partial charge in [-0.05, 0) is 67.3 Å². The van der Waals surface area contributed by atoms with E-state index in [9.17, 15) is 9.59 Å². The molecule has 2 aliphatic rings. The van der Waals surface area contributed by atoms with Crippen molar-refractivity contribution in [3.63, 3.8) is 0 Å². The van der Waals surface area contributed by atoms with Crippen LogP contribution >= 0.6 is 0 Å². The molecule has 2 amide bonds. The Morgan fingerprint density at radius 2 is 1.93 bits per heavy atom. The molecule has 0 aromatic heterocycles. The van der Waals surface area contributed by atoms with Crippen LogP contribution in [-0.2, 0) is 6.61 Å². The van der Waals surface area contributed by atoms with Gasteiger partial charge in [0.15, 0.2) is 0 Å². The van der Waals surface area contributed by atoms with Crippen molar-refractivity contribution in [3.05, 3.63) is 77.4 Å². The summed E-state index contributed by atoms with van der Waals surface area (Å²) in [5.74, 6) is 0.0131. The first-order valence-electron chi connectivity index (χ1n) is 10.6. The highest BCUT2D eigenvalue weighted by molar-refractivity contribution is 5.95. The second-order valence-corrected chi connectivity index (χ2v) is 8.39. The Labute approximate surface area is 177 Å². The molecular formula is C25H28N2O3. The topological polar surface area (TPSA) is 72.6 Å². The van der Waals surface area contributed by atoms with E-state index in [1.165, 1.54) is 12.8 Å². The highest BCUT2D eigenvalue weighted by Crippen LogP contribution is 2.41. The van der Waals surface area contributed by atoms with Crippen molar-refractivity contribution in [2.45, 2.75) is 38.7 Å². The molecule has 1 aliphatic carbocycles. The molecule has 1 saturated heterocycles.